The lowest BCUT2D eigenvalue weighted by molar-refractivity contribution is -0.137. The minimum atomic E-state index is -0.00860. The third-order valence-corrected chi connectivity index (χ3v) is 6.10. The Morgan fingerprint density at radius 3 is 2.80 bits per heavy atom. The number of piperidine rings is 1. The maximum absolute atomic E-state index is 12.6. The van der Waals surface area contributed by atoms with E-state index >= 15 is 0 Å². The van der Waals surface area contributed by atoms with E-state index in [9.17, 15) is 4.79 Å². The summed E-state index contributed by atoms with van der Waals surface area (Å²) < 4.78 is 11.4. The van der Waals surface area contributed by atoms with Gasteiger partial charge in [-0.15, -0.1) is 0 Å². The average molecular weight is 345 g/mol. The zero-order chi connectivity index (χ0) is 17.7. The molecule has 0 N–H and O–H groups in total. The molecule has 2 saturated heterocycles. The Balaban J connectivity index is 1.50. The third kappa shape index (κ3) is 4.24. The highest BCUT2D eigenvalue weighted by atomic mass is 16.5. The second kappa shape index (κ2) is 8.33. The molecular weight excluding hydrogens is 314 g/mol. The summed E-state index contributed by atoms with van der Waals surface area (Å²) in [6, 6.07) is 8.34. The van der Waals surface area contributed by atoms with Crippen LogP contribution in [0.3, 0.4) is 0 Å². The van der Waals surface area contributed by atoms with Crippen LogP contribution in [0, 0.1) is 12.8 Å². The van der Waals surface area contributed by atoms with Crippen molar-refractivity contribution in [2.75, 3.05) is 33.4 Å². The lowest BCUT2D eigenvalue weighted by atomic mass is 9.78. The molecule has 25 heavy (non-hydrogen) atoms. The van der Waals surface area contributed by atoms with Crippen molar-refractivity contribution in [3.63, 3.8) is 0 Å². The minimum Gasteiger partial charge on any atom is -0.385 e. The fourth-order valence-electron chi connectivity index (χ4n) is 4.43. The second-order valence-electron chi connectivity index (χ2n) is 7.49. The molecule has 2 heterocycles. The molecule has 2 fully saturated rings. The number of hydrogen-bond acceptors (Lipinski definition) is 3. The van der Waals surface area contributed by atoms with Crippen molar-refractivity contribution in [2.45, 2.75) is 51.0 Å². The molecule has 0 saturated carbocycles. The summed E-state index contributed by atoms with van der Waals surface area (Å²) in [4.78, 5) is 14.6. The van der Waals surface area contributed by atoms with Gasteiger partial charge in [0.1, 0.15) is 0 Å². The molecule has 1 spiro atoms. The normalized spacial score (nSPS) is 22.5. The fourth-order valence-corrected chi connectivity index (χ4v) is 4.43. The number of methoxy groups -OCH3 is 1. The highest BCUT2D eigenvalue weighted by molar-refractivity contribution is 5.76. The van der Waals surface area contributed by atoms with Crippen molar-refractivity contribution in [1.82, 2.24) is 4.90 Å². The molecule has 1 atom stereocenters. The molecule has 2 aliphatic rings. The third-order valence-electron chi connectivity index (χ3n) is 6.10. The van der Waals surface area contributed by atoms with Crippen LogP contribution >= 0.6 is 0 Å². The molecule has 1 aromatic rings. The molecule has 138 valence electrons. The van der Waals surface area contributed by atoms with Gasteiger partial charge in [0.25, 0.3) is 0 Å². The lowest BCUT2D eigenvalue weighted by Gasteiger charge is -2.42. The van der Waals surface area contributed by atoms with Crippen LogP contribution in [-0.4, -0.2) is 49.8 Å². The van der Waals surface area contributed by atoms with Crippen LogP contribution in [0.1, 0.15) is 43.2 Å². The lowest BCUT2D eigenvalue weighted by Crippen LogP contribution is -2.49. The quantitative estimate of drug-likeness (QED) is 0.793. The predicted molar refractivity (Wildman–Crippen MR) is 98.6 cm³/mol. The van der Waals surface area contributed by atoms with Crippen LogP contribution in [0.2, 0.25) is 0 Å². The van der Waals surface area contributed by atoms with Crippen LogP contribution in [-0.2, 0) is 20.7 Å². The highest BCUT2D eigenvalue weighted by Gasteiger charge is 2.46. The number of amides is 1. The Morgan fingerprint density at radius 1 is 1.32 bits per heavy atom. The maximum Gasteiger partial charge on any atom is 0.222 e. The summed E-state index contributed by atoms with van der Waals surface area (Å²) in [5.41, 5.74) is 2.54. The Labute approximate surface area is 151 Å². The first-order valence-corrected chi connectivity index (χ1v) is 9.60. The molecule has 0 aromatic heterocycles. The van der Waals surface area contributed by atoms with Gasteiger partial charge in [0.15, 0.2) is 0 Å². The summed E-state index contributed by atoms with van der Waals surface area (Å²) >= 11 is 0. The number of rotatable bonds is 6. The summed E-state index contributed by atoms with van der Waals surface area (Å²) in [5, 5.41) is 0. The summed E-state index contributed by atoms with van der Waals surface area (Å²) in [6.45, 7) is 5.43. The van der Waals surface area contributed by atoms with Gasteiger partial charge in [-0.2, -0.15) is 0 Å². The Morgan fingerprint density at radius 2 is 2.08 bits per heavy atom. The van der Waals surface area contributed by atoms with Gasteiger partial charge in [-0.05, 0) is 56.1 Å². The zero-order valence-electron chi connectivity index (χ0n) is 15.6. The maximum atomic E-state index is 12.6. The number of hydrogen-bond donors (Lipinski definition) is 0. The van der Waals surface area contributed by atoms with Gasteiger partial charge in [-0.25, -0.2) is 0 Å². The molecular formula is C21H31NO3. The summed E-state index contributed by atoms with van der Waals surface area (Å²) in [6.07, 6.45) is 5.57. The number of carbonyl (C=O) groups is 1. The van der Waals surface area contributed by atoms with Gasteiger partial charge in [-0.1, -0.05) is 24.3 Å². The van der Waals surface area contributed by atoms with E-state index in [1.54, 1.807) is 7.11 Å². The summed E-state index contributed by atoms with van der Waals surface area (Å²) in [5.74, 6) is 0.862. The topological polar surface area (TPSA) is 38.8 Å². The first-order chi connectivity index (χ1) is 12.1. The molecule has 4 heteroatoms. The van der Waals surface area contributed by atoms with E-state index in [4.69, 9.17) is 9.47 Å². The molecule has 2 aliphatic heterocycles. The van der Waals surface area contributed by atoms with E-state index in [2.05, 4.69) is 25.1 Å². The standard InChI is InChI=1S/C21H31NO3/c1-17-5-3-4-6-18(17)7-8-20(23)22-13-11-21(12-14-22)19(9-15-24-2)10-16-25-21/h3-6,19H,7-16H2,1-2H3/t19-/m1/s1. The number of benzene rings is 1. The van der Waals surface area contributed by atoms with Crippen molar-refractivity contribution >= 4 is 5.91 Å². The molecule has 0 aliphatic carbocycles. The van der Waals surface area contributed by atoms with E-state index in [0.29, 0.717) is 12.3 Å². The van der Waals surface area contributed by atoms with Gasteiger partial charge in [0, 0.05) is 39.8 Å². The first-order valence-electron chi connectivity index (χ1n) is 9.60. The van der Waals surface area contributed by atoms with E-state index in [0.717, 1.165) is 58.4 Å². The van der Waals surface area contributed by atoms with Crippen molar-refractivity contribution in [3.05, 3.63) is 35.4 Å². The number of carbonyl (C=O) groups excluding carboxylic acids is 1. The van der Waals surface area contributed by atoms with E-state index in [-0.39, 0.29) is 11.5 Å². The van der Waals surface area contributed by atoms with Crippen LogP contribution in [0.4, 0.5) is 0 Å². The predicted octanol–water partition coefficient (Wildman–Crippen LogP) is 3.36. The number of nitrogens with zero attached hydrogens (tertiary/aromatic N) is 1. The van der Waals surface area contributed by atoms with Crippen molar-refractivity contribution in [2.24, 2.45) is 5.92 Å². The zero-order valence-corrected chi connectivity index (χ0v) is 15.6. The molecule has 0 unspecified atom stereocenters. The monoisotopic (exact) mass is 345 g/mol. The van der Waals surface area contributed by atoms with Crippen LogP contribution < -0.4 is 0 Å². The largest absolute Gasteiger partial charge is 0.385 e. The van der Waals surface area contributed by atoms with Crippen LogP contribution in [0.25, 0.3) is 0 Å². The van der Waals surface area contributed by atoms with Gasteiger partial charge in [0.05, 0.1) is 5.60 Å². The smallest absolute Gasteiger partial charge is 0.222 e. The van der Waals surface area contributed by atoms with Gasteiger partial charge in [-0.3, -0.25) is 4.79 Å². The number of aryl methyl sites for hydroxylation is 2. The first kappa shape index (κ1) is 18.4. The molecule has 1 aromatic carbocycles. The van der Waals surface area contributed by atoms with E-state index < -0.39 is 0 Å². The molecule has 0 radical (unpaired) electrons. The summed E-state index contributed by atoms with van der Waals surface area (Å²) in [7, 11) is 1.76. The van der Waals surface area contributed by atoms with E-state index in [1.165, 1.54) is 11.1 Å². The van der Waals surface area contributed by atoms with Gasteiger partial charge in [0.2, 0.25) is 5.91 Å². The average Bonchev–Trinajstić information content (AvgIpc) is 3.01. The minimum absolute atomic E-state index is 0.00860. The van der Waals surface area contributed by atoms with Crippen LogP contribution in [0.5, 0.6) is 0 Å². The van der Waals surface area contributed by atoms with E-state index in [1.807, 2.05) is 11.0 Å². The van der Waals surface area contributed by atoms with Gasteiger partial charge >= 0.3 is 0 Å². The number of ether oxygens (including phenoxy) is 2. The van der Waals surface area contributed by atoms with Crippen molar-refractivity contribution in [1.29, 1.82) is 0 Å². The van der Waals surface area contributed by atoms with Gasteiger partial charge < -0.3 is 14.4 Å². The fraction of sp³-hybridized carbons (Fsp3) is 0.667. The Hall–Kier alpha value is -1.39. The molecule has 0 bridgehead atoms. The van der Waals surface area contributed by atoms with Crippen molar-refractivity contribution < 1.29 is 14.3 Å². The van der Waals surface area contributed by atoms with Crippen LogP contribution in [0.15, 0.2) is 24.3 Å². The molecule has 4 nitrogen and oxygen atoms in total. The Bertz CT molecular complexity index is 578. The highest BCUT2D eigenvalue weighted by Crippen LogP contribution is 2.42. The molecule has 1 amide bonds. The van der Waals surface area contributed by atoms with Crippen molar-refractivity contribution in [3.8, 4) is 0 Å². The molecule has 3 rings (SSSR count). The SMILES string of the molecule is COCC[C@@H]1CCOC12CCN(C(=O)CCc1ccccc1C)CC2. The Kier molecular flexibility index (Phi) is 6.13. The number of likely N-dealkylation sites (tertiary alicyclic amines) is 1. The second-order valence-corrected chi connectivity index (χ2v) is 7.49.